The maximum absolute atomic E-state index is 12.8. The average molecular weight is 292 g/mol. The zero-order valence-electron chi connectivity index (χ0n) is 11.5. The Morgan fingerprint density at radius 1 is 0.682 bits per heavy atom. The fourth-order valence-corrected chi connectivity index (χ4v) is 2.49. The van der Waals surface area contributed by atoms with E-state index in [1.54, 1.807) is 36.4 Å². The van der Waals surface area contributed by atoms with E-state index >= 15 is 0 Å². The summed E-state index contributed by atoms with van der Waals surface area (Å²) in [6.07, 6.45) is 0. The number of carbonyl (C=O) groups is 2. The lowest BCUT2D eigenvalue weighted by Gasteiger charge is -2.09. The van der Waals surface area contributed by atoms with Gasteiger partial charge in [-0.15, -0.1) is 0 Å². The molecule has 0 saturated heterocycles. The Labute approximate surface area is 126 Å². The Bertz CT molecular complexity index is 896. The molecule has 0 spiro atoms. The minimum atomic E-state index is -1.15. The molecule has 0 fully saturated rings. The van der Waals surface area contributed by atoms with E-state index in [1.807, 2.05) is 0 Å². The molecule has 108 valence electrons. The number of phenolic OH excluding ortho intramolecular Hbond substituents is 1. The summed E-state index contributed by atoms with van der Waals surface area (Å²) in [5.41, 5.74) is 0.456. The number of benzene rings is 3. The van der Waals surface area contributed by atoms with Crippen LogP contribution in [0.25, 0.3) is 10.8 Å². The summed E-state index contributed by atoms with van der Waals surface area (Å²) in [4.78, 5) is 24.0. The second kappa shape index (κ2) is 5.33. The van der Waals surface area contributed by atoms with Crippen LogP contribution in [0, 0.1) is 0 Å². The quantitative estimate of drug-likeness (QED) is 0.725. The van der Waals surface area contributed by atoms with Gasteiger partial charge in [0, 0.05) is 16.5 Å². The topological polar surface area (TPSA) is 74.6 Å². The number of hydrogen-bond acceptors (Lipinski definition) is 3. The molecule has 0 heterocycles. The van der Waals surface area contributed by atoms with E-state index in [0.717, 1.165) is 0 Å². The highest BCUT2D eigenvalue weighted by atomic mass is 16.4. The molecule has 0 bridgehead atoms. The number of hydrogen-bond donors (Lipinski definition) is 2. The molecule has 3 rings (SSSR count). The molecule has 3 aromatic rings. The number of fused-ring (bicyclic) bond motifs is 1. The lowest BCUT2D eigenvalue weighted by atomic mass is 9.94. The second-order valence-corrected chi connectivity index (χ2v) is 4.86. The van der Waals surface area contributed by atoms with Gasteiger partial charge in [-0.25, -0.2) is 4.79 Å². The van der Waals surface area contributed by atoms with Crippen molar-refractivity contribution in [1.29, 1.82) is 0 Å². The van der Waals surface area contributed by atoms with Gasteiger partial charge in [-0.1, -0.05) is 42.5 Å². The minimum absolute atomic E-state index is 0.0374. The maximum atomic E-state index is 12.8. The van der Waals surface area contributed by atoms with Crippen LogP contribution < -0.4 is 0 Å². The summed E-state index contributed by atoms with van der Waals surface area (Å²) < 4.78 is 0. The van der Waals surface area contributed by atoms with E-state index in [0.29, 0.717) is 16.3 Å². The van der Waals surface area contributed by atoms with E-state index in [1.165, 1.54) is 24.3 Å². The Morgan fingerprint density at radius 3 is 1.95 bits per heavy atom. The molecule has 0 saturated carbocycles. The molecular weight excluding hydrogens is 280 g/mol. The summed E-state index contributed by atoms with van der Waals surface area (Å²) in [5, 5.41) is 20.3. The normalized spacial score (nSPS) is 10.5. The summed E-state index contributed by atoms with van der Waals surface area (Å²) in [5.74, 6) is -1.44. The monoisotopic (exact) mass is 292 g/mol. The number of rotatable bonds is 3. The summed E-state index contributed by atoms with van der Waals surface area (Å²) in [6.45, 7) is 0. The van der Waals surface area contributed by atoms with E-state index in [2.05, 4.69) is 0 Å². The zero-order valence-corrected chi connectivity index (χ0v) is 11.5. The van der Waals surface area contributed by atoms with Gasteiger partial charge in [0.25, 0.3) is 0 Å². The van der Waals surface area contributed by atoms with Crippen molar-refractivity contribution in [3.63, 3.8) is 0 Å². The van der Waals surface area contributed by atoms with Crippen LogP contribution in [0.1, 0.15) is 26.3 Å². The number of aromatic carboxylic acids is 1. The van der Waals surface area contributed by atoms with Gasteiger partial charge in [0.1, 0.15) is 5.75 Å². The van der Waals surface area contributed by atoms with E-state index in [-0.39, 0.29) is 22.7 Å². The van der Waals surface area contributed by atoms with Crippen LogP contribution in [-0.2, 0) is 0 Å². The Kier molecular flexibility index (Phi) is 3.35. The van der Waals surface area contributed by atoms with Crippen molar-refractivity contribution in [2.75, 3.05) is 0 Å². The third-order valence-electron chi connectivity index (χ3n) is 3.55. The highest BCUT2D eigenvalue weighted by Crippen LogP contribution is 2.29. The lowest BCUT2D eigenvalue weighted by Crippen LogP contribution is -2.09. The van der Waals surface area contributed by atoms with Gasteiger partial charge in [-0.05, 0) is 23.6 Å². The summed E-state index contributed by atoms with van der Waals surface area (Å²) in [6, 6.07) is 16.0. The van der Waals surface area contributed by atoms with Crippen LogP contribution in [0.4, 0.5) is 0 Å². The van der Waals surface area contributed by atoms with Crippen LogP contribution in [-0.4, -0.2) is 22.0 Å². The lowest BCUT2D eigenvalue weighted by molar-refractivity contribution is 0.0693. The molecule has 0 aliphatic heterocycles. The molecule has 0 aliphatic rings. The molecule has 0 unspecified atom stereocenters. The number of phenols is 1. The Balaban J connectivity index is 2.23. The van der Waals surface area contributed by atoms with Crippen molar-refractivity contribution in [3.05, 3.63) is 77.4 Å². The molecule has 4 heteroatoms. The van der Waals surface area contributed by atoms with Crippen LogP contribution in [0.3, 0.4) is 0 Å². The SMILES string of the molecule is O=C(O)c1ccccc1C(=O)c1ccc(O)c2ccccc12. The molecule has 0 amide bonds. The van der Waals surface area contributed by atoms with Gasteiger partial charge in [0.2, 0.25) is 0 Å². The fraction of sp³-hybridized carbons (Fsp3) is 0. The molecule has 3 aromatic carbocycles. The standard InChI is InChI=1S/C18H12O4/c19-16-10-9-14(11-5-1-2-6-12(11)16)17(20)13-7-3-4-8-15(13)18(21)22/h1-10,19H,(H,21,22). The van der Waals surface area contributed by atoms with E-state index in [9.17, 15) is 19.8 Å². The van der Waals surface area contributed by atoms with Crippen molar-refractivity contribution < 1.29 is 19.8 Å². The van der Waals surface area contributed by atoms with Crippen LogP contribution >= 0.6 is 0 Å². The second-order valence-electron chi connectivity index (χ2n) is 4.86. The van der Waals surface area contributed by atoms with Crippen molar-refractivity contribution in [3.8, 4) is 5.75 Å². The predicted molar refractivity (Wildman–Crippen MR) is 82.4 cm³/mol. The highest BCUT2D eigenvalue weighted by molar-refractivity contribution is 6.20. The van der Waals surface area contributed by atoms with Gasteiger partial charge in [-0.3, -0.25) is 4.79 Å². The molecule has 4 nitrogen and oxygen atoms in total. The fourth-order valence-electron chi connectivity index (χ4n) is 2.49. The van der Waals surface area contributed by atoms with E-state index in [4.69, 9.17) is 0 Å². The molecular formula is C18H12O4. The predicted octanol–water partition coefficient (Wildman–Crippen LogP) is 3.47. The molecule has 22 heavy (non-hydrogen) atoms. The van der Waals surface area contributed by atoms with E-state index < -0.39 is 5.97 Å². The number of carboxylic acid groups (broad SMARTS) is 1. The third kappa shape index (κ3) is 2.20. The number of aromatic hydroxyl groups is 1. The molecule has 0 atom stereocenters. The summed E-state index contributed by atoms with van der Waals surface area (Å²) >= 11 is 0. The largest absolute Gasteiger partial charge is 0.507 e. The first kappa shape index (κ1) is 13.8. The van der Waals surface area contributed by atoms with Gasteiger partial charge in [0.05, 0.1) is 5.56 Å². The van der Waals surface area contributed by atoms with Crippen LogP contribution in [0.5, 0.6) is 5.75 Å². The number of carboxylic acids is 1. The number of ketones is 1. The Hall–Kier alpha value is -3.14. The Morgan fingerprint density at radius 2 is 1.27 bits per heavy atom. The average Bonchev–Trinajstić information content (AvgIpc) is 2.55. The smallest absolute Gasteiger partial charge is 0.336 e. The molecule has 0 aromatic heterocycles. The number of carbonyl (C=O) groups excluding carboxylic acids is 1. The van der Waals surface area contributed by atoms with Crippen molar-refractivity contribution in [2.45, 2.75) is 0 Å². The van der Waals surface area contributed by atoms with Gasteiger partial charge < -0.3 is 10.2 Å². The van der Waals surface area contributed by atoms with Gasteiger partial charge >= 0.3 is 5.97 Å². The highest BCUT2D eigenvalue weighted by Gasteiger charge is 2.19. The minimum Gasteiger partial charge on any atom is -0.507 e. The first-order valence-electron chi connectivity index (χ1n) is 6.67. The van der Waals surface area contributed by atoms with Gasteiger partial charge in [0.15, 0.2) is 5.78 Å². The summed E-state index contributed by atoms with van der Waals surface area (Å²) in [7, 11) is 0. The zero-order chi connectivity index (χ0) is 15.7. The van der Waals surface area contributed by atoms with Crippen molar-refractivity contribution in [2.24, 2.45) is 0 Å². The van der Waals surface area contributed by atoms with Crippen LogP contribution in [0.15, 0.2) is 60.7 Å². The van der Waals surface area contributed by atoms with Gasteiger partial charge in [-0.2, -0.15) is 0 Å². The van der Waals surface area contributed by atoms with Crippen LogP contribution in [0.2, 0.25) is 0 Å². The first-order chi connectivity index (χ1) is 10.6. The maximum Gasteiger partial charge on any atom is 0.336 e. The van der Waals surface area contributed by atoms with Crippen molar-refractivity contribution in [1.82, 2.24) is 0 Å². The first-order valence-corrected chi connectivity index (χ1v) is 6.67. The molecule has 0 radical (unpaired) electrons. The third-order valence-corrected chi connectivity index (χ3v) is 3.55. The van der Waals surface area contributed by atoms with Crippen molar-refractivity contribution >= 4 is 22.5 Å². The molecule has 2 N–H and O–H groups in total. The molecule has 0 aliphatic carbocycles.